The Balaban J connectivity index is 0.986. The van der Waals surface area contributed by atoms with Gasteiger partial charge in [0.15, 0.2) is 12.6 Å². The minimum atomic E-state index is -1.90. The van der Waals surface area contributed by atoms with Crippen LogP contribution in [0.1, 0.15) is 99.8 Å². The molecule has 26 atom stereocenters. The van der Waals surface area contributed by atoms with E-state index in [1.807, 2.05) is 20.8 Å². The van der Waals surface area contributed by atoms with Crippen molar-refractivity contribution in [2.24, 2.45) is 51.2 Å². The average Bonchev–Trinajstić information content (AvgIpc) is 3.76. The van der Waals surface area contributed by atoms with Crippen LogP contribution in [-0.4, -0.2) is 191 Å². The van der Waals surface area contributed by atoms with Crippen LogP contribution in [0.4, 0.5) is 0 Å². The number of allylic oxidation sites excluding steroid dienone is 1. The first-order chi connectivity index (χ1) is 31.7. The molecule has 20 nitrogen and oxygen atoms in total. The normalized spacial score (nSPS) is 54.2. The van der Waals surface area contributed by atoms with Gasteiger partial charge in [-0.25, -0.2) is 0 Å². The van der Waals surface area contributed by atoms with E-state index in [-0.39, 0.29) is 36.0 Å². The third kappa shape index (κ3) is 8.03. The average molecular weight is 973 g/mol. The zero-order chi connectivity index (χ0) is 50.0. The number of aliphatic hydroxyl groups excluding tert-OH is 10. The second-order valence-electron chi connectivity index (χ2n) is 22.9. The number of aliphatic hydroxyl groups is 10. The summed E-state index contributed by atoms with van der Waals surface area (Å²) in [5, 5.41) is 119. The zero-order valence-electron chi connectivity index (χ0n) is 40.1. The molecular formula is C48H76O20. The van der Waals surface area contributed by atoms with Crippen molar-refractivity contribution in [3.8, 4) is 0 Å². The largest absolute Gasteiger partial charge is 0.481 e. The maximum atomic E-state index is 15.0. The maximum absolute atomic E-state index is 15.0. The molecule has 0 aromatic heterocycles. The van der Waals surface area contributed by atoms with E-state index in [1.54, 1.807) is 0 Å². The summed E-state index contributed by atoms with van der Waals surface area (Å²) < 4.78 is 41.2. The number of carboxylic acid groups (broad SMARTS) is 1. The Kier molecular flexibility index (Phi) is 14.3. The first-order valence-corrected chi connectivity index (χ1v) is 24.4. The van der Waals surface area contributed by atoms with Crippen molar-refractivity contribution < 1.29 is 98.9 Å². The molecule has 8 fully saturated rings. The summed E-state index contributed by atoms with van der Waals surface area (Å²) in [6, 6.07) is 0. The van der Waals surface area contributed by atoms with Crippen LogP contribution in [0, 0.1) is 51.2 Å². The molecule has 0 aromatic rings. The van der Waals surface area contributed by atoms with Gasteiger partial charge in [0.2, 0.25) is 6.29 Å². The molecule has 4 saturated heterocycles. The van der Waals surface area contributed by atoms with Gasteiger partial charge in [-0.15, -0.1) is 0 Å². The maximum Gasteiger partial charge on any atom is 0.314 e. The Labute approximate surface area is 396 Å². The van der Waals surface area contributed by atoms with Gasteiger partial charge in [-0.05, 0) is 113 Å². The molecule has 4 saturated carbocycles. The van der Waals surface area contributed by atoms with Crippen LogP contribution in [-0.2, 0) is 42.7 Å². The van der Waals surface area contributed by atoms with E-state index in [4.69, 9.17) is 33.2 Å². The highest BCUT2D eigenvalue weighted by molar-refractivity contribution is 5.78. The molecule has 0 bridgehead atoms. The summed E-state index contributed by atoms with van der Waals surface area (Å²) >= 11 is 0. The number of ether oxygens (including phenoxy) is 7. The Morgan fingerprint density at radius 2 is 1.35 bits per heavy atom. The summed E-state index contributed by atoms with van der Waals surface area (Å²) in [5.41, 5.74) is -2.37. The summed E-state index contributed by atoms with van der Waals surface area (Å²) in [6.07, 6.45) is -22.4. The molecule has 8 rings (SSSR count). The highest BCUT2D eigenvalue weighted by atomic mass is 16.8. The van der Waals surface area contributed by atoms with Gasteiger partial charge < -0.3 is 89.3 Å². The molecule has 4 heterocycles. The minimum Gasteiger partial charge on any atom is -0.481 e. The molecule has 0 aromatic carbocycles. The lowest BCUT2D eigenvalue weighted by Crippen LogP contribution is -2.69. The number of carboxylic acids is 1. The SMILES string of the molecule is C=C(C)[C@@H]1CC[C@]2(C(=O)O[C@@H]3O[C@H](CO[C@@H]4O[C@H](CO)[C@@H](O[C@@H]5O[C@@H](C)[C@H](O)[C@@H](O)[C@H]5O)[C@H](O)[C@H]4O)[C@@H](O)[C@H](O)[C@H]3O)CC[C@]3(C)[C@H](C[C@@H](O)[C@@H]4[C@@]5(C)[C@@H](CC(=O)O)OC(C)(C)[C@@H]5CC[C@]43C)[C@@H]12. The third-order valence-corrected chi connectivity index (χ3v) is 19.2. The van der Waals surface area contributed by atoms with E-state index in [0.717, 1.165) is 18.4 Å². The summed E-state index contributed by atoms with van der Waals surface area (Å²) in [4.78, 5) is 27.3. The Morgan fingerprint density at radius 1 is 0.721 bits per heavy atom. The highest BCUT2D eigenvalue weighted by Gasteiger charge is 2.76. The van der Waals surface area contributed by atoms with E-state index >= 15 is 0 Å². The fourth-order valence-corrected chi connectivity index (χ4v) is 15.6. The zero-order valence-corrected chi connectivity index (χ0v) is 40.1. The first kappa shape index (κ1) is 52.4. The molecule has 11 N–H and O–H groups in total. The van der Waals surface area contributed by atoms with Crippen molar-refractivity contribution in [2.75, 3.05) is 13.2 Å². The fourth-order valence-electron chi connectivity index (χ4n) is 15.6. The number of rotatable bonds is 11. The highest BCUT2D eigenvalue weighted by Crippen LogP contribution is 2.78. The molecule has 4 aliphatic heterocycles. The third-order valence-electron chi connectivity index (χ3n) is 19.2. The summed E-state index contributed by atoms with van der Waals surface area (Å²) in [7, 11) is 0. The van der Waals surface area contributed by atoms with Crippen molar-refractivity contribution in [1.82, 2.24) is 0 Å². The van der Waals surface area contributed by atoms with Crippen LogP contribution in [0.25, 0.3) is 0 Å². The number of esters is 1. The Bertz CT molecular complexity index is 1880. The predicted molar refractivity (Wildman–Crippen MR) is 232 cm³/mol. The van der Waals surface area contributed by atoms with Gasteiger partial charge in [-0.1, -0.05) is 32.9 Å². The van der Waals surface area contributed by atoms with Crippen molar-refractivity contribution in [1.29, 1.82) is 0 Å². The molecule has 68 heavy (non-hydrogen) atoms. The summed E-state index contributed by atoms with van der Waals surface area (Å²) in [6.45, 7) is 16.9. The van der Waals surface area contributed by atoms with Crippen molar-refractivity contribution in [3.63, 3.8) is 0 Å². The fraction of sp³-hybridized carbons (Fsp3) is 0.917. The van der Waals surface area contributed by atoms with E-state index in [1.165, 1.54) is 6.92 Å². The van der Waals surface area contributed by atoms with E-state index < -0.39 is 157 Å². The number of hydrogen-bond acceptors (Lipinski definition) is 19. The van der Waals surface area contributed by atoms with E-state index in [0.29, 0.717) is 32.1 Å². The van der Waals surface area contributed by atoms with Crippen molar-refractivity contribution in [2.45, 2.75) is 210 Å². The van der Waals surface area contributed by atoms with Crippen LogP contribution < -0.4 is 0 Å². The number of hydrogen-bond donors (Lipinski definition) is 11. The van der Waals surface area contributed by atoms with Crippen LogP contribution in [0.15, 0.2) is 12.2 Å². The number of fused-ring (bicyclic) bond motifs is 7. The van der Waals surface area contributed by atoms with Gasteiger partial charge in [0.05, 0.1) is 49.0 Å². The lowest BCUT2D eigenvalue weighted by Gasteiger charge is -2.71. The topological polar surface area (TPSA) is 321 Å². The van der Waals surface area contributed by atoms with Crippen LogP contribution >= 0.6 is 0 Å². The number of carbonyl (C=O) groups excluding carboxylic acids is 1. The molecule has 4 aliphatic carbocycles. The molecule has 0 spiro atoms. The van der Waals surface area contributed by atoms with Gasteiger partial charge in [0.1, 0.15) is 67.1 Å². The standard InChI is InChI=1S/C48H76O20/c1-19(2)21-9-12-48(14-13-45(6)22(29(21)48)15-23(50)39-46(45,7)11-10-26-44(4,5)68-27(16-28(51)52)47(26,39)8)43(61)67-42-36(59)33(56)31(54)25(65-42)18-62-40-37(60)34(57)38(24(17-49)64-40)66-41-35(58)32(55)30(53)20(3)63-41/h20-27,29-42,49-50,53-60H,1,9-18H2,2-8H3,(H,51,52)/t20-,21-,22+,23+,24+,25+,26-,27+,29+,30-,31+,32+,33-,34+,35+,36+,37+,38+,39-,40+,41-,42-,45+,46+,47+,48-/m0/s1. The molecular weight excluding hydrogens is 897 g/mol. The lowest BCUT2D eigenvalue weighted by molar-refractivity contribution is -0.361. The van der Waals surface area contributed by atoms with Crippen molar-refractivity contribution in [3.05, 3.63) is 12.2 Å². The molecule has 0 unspecified atom stereocenters. The smallest absolute Gasteiger partial charge is 0.314 e. The van der Waals surface area contributed by atoms with Gasteiger partial charge in [0, 0.05) is 5.41 Å². The first-order valence-electron chi connectivity index (χ1n) is 24.4. The molecule has 0 amide bonds. The van der Waals surface area contributed by atoms with Crippen LogP contribution in [0.2, 0.25) is 0 Å². The van der Waals surface area contributed by atoms with Crippen LogP contribution in [0.3, 0.4) is 0 Å². The second-order valence-corrected chi connectivity index (χ2v) is 22.9. The van der Waals surface area contributed by atoms with E-state index in [2.05, 4.69) is 27.4 Å². The number of aliphatic carboxylic acids is 1. The van der Waals surface area contributed by atoms with Crippen molar-refractivity contribution >= 4 is 11.9 Å². The lowest BCUT2D eigenvalue weighted by atomic mass is 9.33. The monoisotopic (exact) mass is 972 g/mol. The molecule has 8 aliphatic rings. The molecule has 388 valence electrons. The summed E-state index contributed by atoms with van der Waals surface area (Å²) in [5.74, 6) is -2.58. The Hall–Kier alpha value is -1.96. The Morgan fingerprint density at radius 3 is 2.00 bits per heavy atom. The van der Waals surface area contributed by atoms with Crippen LogP contribution in [0.5, 0.6) is 0 Å². The van der Waals surface area contributed by atoms with Gasteiger partial charge in [-0.2, -0.15) is 0 Å². The minimum absolute atomic E-state index is 0.0103. The van der Waals surface area contributed by atoms with Gasteiger partial charge in [0.25, 0.3) is 0 Å². The second kappa shape index (κ2) is 18.5. The van der Waals surface area contributed by atoms with Gasteiger partial charge in [-0.3, -0.25) is 9.59 Å². The van der Waals surface area contributed by atoms with E-state index in [9.17, 15) is 65.8 Å². The predicted octanol–water partition coefficient (Wildman–Crippen LogP) is -0.534. The number of carbonyl (C=O) groups is 2. The van der Waals surface area contributed by atoms with Gasteiger partial charge >= 0.3 is 11.9 Å². The molecule has 20 heteroatoms. The quantitative estimate of drug-likeness (QED) is 0.0916. The molecule has 0 radical (unpaired) electrons.